The third-order valence-electron chi connectivity index (χ3n) is 3.87. The van der Waals surface area contributed by atoms with Gasteiger partial charge in [0.1, 0.15) is 0 Å². The molecule has 19 heavy (non-hydrogen) atoms. The molecule has 4 heteroatoms. The van der Waals surface area contributed by atoms with Crippen LogP contribution >= 0.6 is 11.6 Å². The number of piperidine rings is 1. The minimum Gasteiger partial charge on any atom is -0.493 e. The second-order valence-corrected chi connectivity index (χ2v) is 5.50. The highest BCUT2D eigenvalue weighted by Gasteiger charge is 2.19. The number of hydrogen-bond acceptors (Lipinski definition) is 3. The van der Waals surface area contributed by atoms with E-state index in [4.69, 9.17) is 21.1 Å². The molecular weight excluding hydrogens is 262 g/mol. The first-order valence-corrected chi connectivity index (χ1v) is 7.15. The van der Waals surface area contributed by atoms with E-state index in [1.165, 1.54) is 18.4 Å². The summed E-state index contributed by atoms with van der Waals surface area (Å²) in [7, 11) is 3.27. The van der Waals surface area contributed by atoms with Crippen molar-refractivity contribution in [2.24, 2.45) is 5.92 Å². The van der Waals surface area contributed by atoms with E-state index < -0.39 is 0 Å². The first kappa shape index (κ1) is 14.5. The van der Waals surface area contributed by atoms with E-state index in [-0.39, 0.29) is 0 Å². The van der Waals surface area contributed by atoms with Crippen LogP contribution in [0.3, 0.4) is 0 Å². The minimum absolute atomic E-state index is 0.632. The largest absolute Gasteiger partial charge is 0.493 e. The SMILES string of the molecule is COc1cc(CC2CCCNC2)c(C)c(Cl)c1OC. The van der Waals surface area contributed by atoms with Gasteiger partial charge in [0.05, 0.1) is 19.2 Å². The zero-order chi connectivity index (χ0) is 13.8. The molecule has 3 nitrogen and oxygen atoms in total. The Morgan fingerprint density at radius 1 is 1.37 bits per heavy atom. The predicted octanol–water partition coefficient (Wildman–Crippen LogP) is 3.21. The molecule has 2 rings (SSSR count). The summed E-state index contributed by atoms with van der Waals surface area (Å²) < 4.78 is 10.7. The Hall–Kier alpha value is -0.930. The standard InChI is InChI=1S/C15H22ClNO2/c1-10-12(7-11-5-4-6-17-9-11)8-13(18-2)15(19-3)14(10)16/h8,11,17H,4-7,9H2,1-3H3. The lowest BCUT2D eigenvalue weighted by atomic mass is 9.90. The first-order valence-electron chi connectivity index (χ1n) is 6.78. The average Bonchev–Trinajstić information content (AvgIpc) is 2.45. The molecule has 0 aliphatic carbocycles. The van der Waals surface area contributed by atoms with Gasteiger partial charge in [0.15, 0.2) is 11.5 Å². The Morgan fingerprint density at radius 2 is 2.16 bits per heavy atom. The van der Waals surface area contributed by atoms with E-state index in [9.17, 15) is 0 Å². The zero-order valence-corrected chi connectivity index (χ0v) is 12.6. The fourth-order valence-corrected chi connectivity index (χ4v) is 3.01. The quantitative estimate of drug-likeness (QED) is 0.920. The van der Waals surface area contributed by atoms with Crippen molar-refractivity contribution in [3.63, 3.8) is 0 Å². The number of halogens is 1. The van der Waals surface area contributed by atoms with Crippen molar-refractivity contribution in [2.45, 2.75) is 26.2 Å². The number of ether oxygens (including phenoxy) is 2. The van der Waals surface area contributed by atoms with Crippen LogP contribution in [0.15, 0.2) is 6.07 Å². The number of benzene rings is 1. The third-order valence-corrected chi connectivity index (χ3v) is 4.33. The maximum absolute atomic E-state index is 6.38. The van der Waals surface area contributed by atoms with E-state index in [0.717, 1.165) is 30.8 Å². The van der Waals surface area contributed by atoms with Crippen LogP contribution in [0.2, 0.25) is 5.02 Å². The molecule has 0 radical (unpaired) electrons. The fourth-order valence-electron chi connectivity index (χ4n) is 2.71. The topological polar surface area (TPSA) is 30.5 Å². The number of nitrogens with one attached hydrogen (secondary N) is 1. The number of hydrogen-bond donors (Lipinski definition) is 1. The van der Waals surface area contributed by atoms with Crippen LogP contribution in [-0.4, -0.2) is 27.3 Å². The highest BCUT2D eigenvalue weighted by molar-refractivity contribution is 6.33. The molecular formula is C15H22ClNO2. The number of methoxy groups -OCH3 is 2. The average molecular weight is 284 g/mol. The Bertz CT molecular complexity index is 442. The lowest BCUT2D eigenvalue weighted by Gasteiger charge is -2.24. The molecule has 1 heterocycles. The lowest BCUT2D eigenvalue weighted by Crippen LogP contribution is -2.31. The smallest absolute Gasteiger partial charge is 0.179 e. The molecule has 0 spiro atoms. The summed E-state index contributed by atoms with van der Waals surface area (Å²) in [6, 6.07) is 2.06. The molecule has 1 saturated heterocycles. The molecule has 1 fully saturated rings. The van der Waals surface area contributed by atoms with Gasteiger partial charge in [-0.25, -0.2) is 0 Å². The van der Waals surface area contributed by atoms with Crippen LogP contribution in [0, 0.1) is 12.8 Å². The fraction of sp³-hybridized carbons (Fsp3) is 0.600. The maximum Gasteiger partial charge on any atom is 0.179 e. The van der Waals surface area contributed by atoms with E-state index in [0.29, 0.717) is 16.7 Å². The summed E-state index contributed by atoms with van der Waals surface area (Å²) in [6.07, 6.45) is 3.57. The minimum atomic E-state index is 0.632. The Labute approximate surface area is 120 Å². The van der Waals surface area contributed by atoms with Gasteiger partial charge in [-0.1, -0.05) is 11.6 Å². The zero-order valence-electron chi connectivity index (χ0n) is 11.9. The first-order chi connectivity index (χ1) is 9.17. The van der Waals surface area contributed by atoms with Gasteiger partial charge >= 0.3 is 0 Å². The molecule has 1 aliphatic rings. The van der Waals surface area contributed by atoms with E-state index in [2.05, 4.69) is 18.3 Å². The van der Waals surface area contributed by atoms with Crippen LogP contribution in [0.1, 0.15) is 24.0 Å². The maximum atomic E-state index is 6.38. The summed E-state index contributed by atoms with van der Waals surface area (Å²) >= 11 is 6.38. The molecule has 1 aromatic carbocycles. The number of rotatable bonds is 4. The lowest BCUT2D eigenvalue weighted by molar-refractivity contribution is 0.352. The monoisotopic (exact) mass is 283 g/mol. The summed E-state index contributed by atoms with van der Waals surface area (Å²) in [5.41, 5.74) is 2.36. The van der Waals surface area contributed by atoms with Crippen LogP contribution in [0.4, 0.5) is 0 Å². The molecule has 0 bridgehead atoms. The summed E-state index contributed by atoms with van der Waals surface area (Å²) in [5.74, 6) is 2.03. The van der Waals surface area contributed by atoms with Crippen molar-refractivity contribution in [3.05, 3.63) is 22.2 Å². The van der Waals surface area contributed by atoms with Crippen LogP contribution in [0.5, 0.6) is 11.5 Å². The third kappa shape index (κ3) is 3.15. The highest BCUT2D eigenvalue weighted by atomic mass is 35.5. The van der Waals surface area contributed by atoms with Gasteiger partial charge < -0.3 is 14.8 Å². The van der Waals surface area contributed by atoms with E-state index >= 15 is 0 Å². The van der Waals surface area contributed by atoms with Gasteiger partial charge in [-0.05, 0) is 62.4 Å². The van der Waals surface area contributed by atoms with Gasteiger partial charge in [-0.15, -0.1) is 0 Å². The molecule has 1 aliphatic heterocycles. The van der Waals surface area contributed by atoms with Crippen molar-refractivity contribution in [1.29, 1.82) is 0 Å². The van der Waals surface area contributed by atoms with Gasteiger partial charge in [0.2, 0.25) is 0 Å². The molecule has 106 valence electrons. The molecule has 0 saturated carbocycles. The second-order valence-electron chi connectivity index (χ2n) is 5.13. The Morgan fingerprint density at radius 3 is 2.74 bits per heavy atom. The Balaban J connectivity index is 2.26. The van der Waals surface area contributed by atoms with Gasteiger partial charge in [0, 0.05) is 0 Å². The van der Waals surface area contributed by atoms with Gasteiger partial charge in [0.25, 0.3) is 0 Å². The van der Waals surface area contributed by atoms with E-state index in [1.54, 1.807) is 14.2 Å². The van der Waals surface area contributed by atoms with Crippen molar-refractivity contribution in [2.75, 3.05) is 27.3 Å². The van der Waals surface area contributed by atoms with Crippen LogP contribution in [0.25, 0.3) is 0 Å². The van der Waals surface area contributed by atoms with Crippen LogP contribution < -0.4 is 14.8 Å². The van der Waals surface area contributed by atoms with Gasteiger partial charge in [-0.3, -0.25) is 0 Å². The highest BCUT2D eigenvalue weighted by Crippen LogP contribution is 2.40. The molecule has 1 N–H and O–H groups in total. The molecule has 1 unspecified atom stereocenters. The van der Waals surface area contributed by atoms with E-state index in [1.807, 2.05) is 0 Å². The van der Waals surface area contributed by atoms with Crippen molar-refractivity contribution in [1.82, 2.24) is 5.32 Å². The molecule has 1 atom stereocenters. The molecule has 0 amide bonds. The van der Waals surface area contributed by atoms with Crippen molar-refractivity contribution in [3.8, 4) is 11.5 Å². The predicted molar refractivity (Wildman–Crippen MR) is 78.6 cm³/mol. The second kappa shape index (κ2) is 6.49. The summed E-state index contributed by atoms with van der Waals surface area (Å²) in [6.45, 7) is 4.28. The van der Waals surface area contributed by atoms with Crippen LogP contribution in [-0.2, 0) is 6.42 Å². The van der Waals surface area contributed by atoms with Crippen molar-refractivity contribution >= 4 is 11.6 Å². The summed E-state index contributed by atoms with van der Waals surface area (Å²) in [5, 5.41) is 4.12. The Kier molecular flexibility index (Phi) is 4.94. The van der Waals surface area contributed by atoms with Crippen molar-refractivity contribution < 1.29 is 9.47 Å². The van der Waals surface area contributed by atoms with Gasteiger partial charge in [-0.2, -0.15) is 0 Å². The molecule has 0 aromatic heterocycles. The molecule has 1 aromatic rings. The normalized spacial score (nSPS) is 19.3. The summed E-state index contributed by atoms with van der Waals surface area (Å²) in [4.78, 5) is 0.